The molecule has 0 bridgehead atoms. The van der Waals surface area contributed by atoms with Gasteiger partial charge < -0.3 is 21.3 Å². The molecule has 0 radical (unpaired) electrons. The molecule has 0 fully saturated rings. The number of nitrogens with two attached hydrogens (primary N) is 1. The number of nitrogens with zero attached hydrogens (tertiary/aromatic N) is 5. The Morgan fingerprint density at radius 1 is 1.15 bits per heavy atom. The van der Waals surface area contributed by atoms with Crippen LogP contribution in [0.5, 0.6) is 0 Å². The number of aliphatic carboxylic acids is 1. The van der Waals surface area contributed by atoms with Gasteiger partial charge in [-0.15, -0.1) is 0 Å². The Kier molecular flexibility index (Phi) is 7.65. The van der Waals surface area contributed by atoms with E-state index in [1.165, 1.54) is 5.56 Å². The summed E-state index contributed by atoms with van der Waals surface area (Å²) in [5, 5.41) is 32.6. The number of aryl methyl sites for hydroxylation is 5. The highest BCUT2D eigenvalue weighted by atomic mass is 16.4. The molecule has 0 saturated heterocycles. The number of hydrogen-bond acceptors (Lipinski definition) is 7. The number of rotatable bonds is 10. The number of aromatic nitrogens is 5. The minimum absolute atomic E-state index is 0.0466. The average molecular weight is 544 g/mol. The molecule has 0 saturated carbocycles. The molecule has 1 aromatic carbocycles. The normalized spacial score (nSPS) is 13.5. The first-order chi connectivity index (χ1) is 19.2. The molecular formula is C29H33N7O4. The highest BCUT2D eigenvalue weighted by molar-refractivity contribution is 5.95. The van der Waals surface area contributed by atoms with E-state index in [4.69, 9.17) is 10.7 Å². The summed E-state index contributed by atoms with van der Waals surface area (Å²) in [4.78, 5) is 29.4. The molecular weight excluding hydrogens is 510 g/mol. The van der Waals surface area contributed by atoms with Crippen molar-refractivity contribution in [1.29, 1.82) is 0 Å². The summed E-state index contributed by atoms with van der Waals surface area (Å²) in [7, 11) is 0. The predicted molar refractivity (Wildman–Crippen MR) is 149 cm³/mol. The van der Waals surface area contributed by atoms with Crippen LogP contribution in [0.4, 0.5) is 5.82 Å². The van der Waals surface area contributed by atoms with Crippen LogP contribution in [0.3, 0.4) is 0 Å². The second-order valence-electron chi connectivity index (χ2n) is 10.1. The Balaban J connectivity index is 1.53. The lowest BCUT2D eigenvalue weighted by atomic mass is 9.89. The number of nitrogens with one attached hydrogen (secondary N) is 1. The van der Waals surface area contributed by atoms with Gasteiger partial charge in [-0.05, 0) is 62.1 Å². The molecule has 1 aliphatic rings. The van der Waals surface area contributed by atoms with Crippen LogP contribution in [0.15, 0.2) is 42.5 Å². The topological polar surface area (TPSA) is 161 Å². The largest absolute Gasteiger partial charge is 0.481 e. The van der Waals surface area contributed by atoms with Crippen molar-refractivity contribution in [2.24, 2.45) is 5.73 Å². The molecule has 4 aromatic rings. The fourth-order valence-corrected chi connectivity index (χ4v) is 5.41. The first-order valence-corrected chi connectivity index (χ1v) is 13.3. The highest BCUT2D eigenvalue weighted by Crippen LogP contribution is 2.33. The maximum absolute atomic E-state index is 12.7. The third-order valence-electron chi connectivity index (χ3n) is 7.25. The molecule has 1 unspecified atom stereocenters. The Morgan fingerprint density at radius 3 is 2.67 bits per heavy atom. The van der Waals surface area contributed by atoms with Crippen LogP contribution in [0.2, 0.25) is 0 Å². The van der Waals surface area contributed by atoms with E-state index in [2.05, 4.69) is 21.6 Å². The standard InChI is InChI=1S/C29H33N7O4/c1-17-13-18(2)36(33-17)22-7-3-5-20(14-22)23(15-25(38)39)27-26(28(30)40)24(16-37)35(34-27)12-10-21-9-8-19-6-4-11-31-29(19)32-21/h3,5,7-9,13-14,23,37H,4,6,10-12,15-16H2,1-2H3,(H2,30,40)(H,31,32)(H,38,39). The second kappa shape index (κ2) is 11.3. The Labute approximate surface area is 231 Å². The quantitative estimate of drug-likeness (QED) is 0.237. The molecule has 1 aliphatic heterocycles. The van der Waals surface area contributed by atoms with Gasteiger partial charge in [0.2, 0.25) is 0 Å². The van der Waals surface area contributed by atoms with Gasteiger partial charge in [0, 0.05) is 36.8 Å². The number of aliphatic hydroxyl groups is 1. The molecule has 11 heteroatoms. The van der Waals surface area contributed by atoms with E-state index in [-0.39, 0.29) is 23.4 Å². The van der Waals surface area contributed by atoms with Crippen LogP contribution in [-0.4, -0.2) is 53.2 Å². The number of primary amides is 1. The number of carbonyl (C=O) groups excluding carboxylic acids is 1. The summed E-state index contributed by atoms with van der Waals surface area (Å²) in [5.74, 6) is -1.72. The Bertz CT molecular complexity index is 1570. The molecule has 3 aromatic heterocycles. The fraction of sp³-hybridized carbons (Fsp3) is 0.345. The van der Waals surface area contributed by atoms with Crippen molar-refractivity contribution in [3.05, 3.63) is 87.6 Å². The van der Waals surface area contributed by atoms with Crippen LogP contribution in [0.25, 0.3) is 5.69 Å². The predicted octanol–water partition coefficient (Wildman–Crippen LogP) is 2.88. The lowest BCUT2D eigenvalue weighted by Gasteiger charge is -2.17. The number of hydrogen-bond donors (Lipinski definition) is 4. The van der Waals surface area contributed by atoms with Crippen molar-refractivity contribution in [2.45, 2.75) is 58.6 Å². The van der Waals surface area contributed by atoms with E-state index < -0.39 is 24.4 Å². The van der Waals surface area contributed by atoms with Crippen LogP contribution in [0.1, 0.15) is 68.7 Å². The van der Waals surface area contributed by atoms with Gasteiger partial charge >= 0.3 is 5.97 Å². The smallest absolute Gasteiger partial charge is 0.304 e. The third-order valence-corrected chi connectivity index (χ3v) is 7.25. The monoisotopic (exact) mass is 543 g/mol. The number of anilines is 1. The van der Waals surface area contributed by atoms with Gasteiger partial charge in [0.1, 0.15) is 5.82 Å². The zero-order chi connectivity index (χ0) is 28.4. The SMILES string of the molecule is Cc1cc(C)n(-c2cccc(C(CC(=O)O)c3nn(CCc4ccc5c(n4)NCCC5)c(CO)c3C(N)=O)c2)n1. The molecule has 40 heavy (non-hydrogen) atoms. The van der Waals surface area contributed by atoms with Gasteiger partial charge in [-0.25, -0.2) is 9.67 Å². The van der Waals surface area contributed by atoms with Gasteiger partial charge in [0.05, 0.1) is 41.4 Å². The van der Waals surface area contributed by atoms with E-state index in [9.17, 15) is 19.8 Å². The number of carboxylic acids is 1. The van der Waals surface area contributed by atoms with Crippen molar-refractivity contribution in [2.75, 3.05) is 11.9 Å². The van der Waals surface area contributed by atoms with E-state index >= 15 is 0 Å². The molecule has 0 aliphatic carbocycles. The zero-order valence-electron chi connectivity index (χ0n) is 22.6. The van der Waals surface area contributed by atoms with E-state index in [0.29, 0.717) is 18.5 Å². The third kappa shape index (κ3) is 5.46. The van der Waals surface area contributed by atoms with Gasteiger partial charge in [-0.2, -0.15) is 10.2 Å². The summed E-state index contributed by atoms with van der Waals surface area (Å²) in [6.45, 7) is 4.58. The van der Waals surface area contributed by atoms with Crippen LogP contribution < -0.4 is 11.1 Å². The number of pyridine rings is 1. The minimum atomic E-state index is -1.05. The van der Waals surface area contributed by atoms with Gasteiger partial charge in [0.15, 0.2) is 0 Å². The van der Waals surface area contributed by atoms with Crippen molar-refractivity contribution in [1.82, 2.24) is 24.5 Å². The number of carbonyl (C=O) groups is 2. The van der Waals surface area contributed by atoms with Crippen molar-refractivity contribution in [3.8, 4) is 5.69 Å². The molecule has 1 atom stereocenters. The maximum Gasteiger partial charge on any atom is 0.304 e. The van der Waals surface area contributed by atoms with Crippen molar-refractivity contribution in [3.63, 3.8) is 0 Å². The lowest BCUT2D eigenvalue weighted by Crippen LogP contribution is -2.18. The van der Waals surface area contributed by atoms with Crippen LogP contribution in [-0.2, 0) is 30.8 Å². The van der Waals surface area contributed by atoms with E-state index in [0.717, 1.165) is 48.0 Å². The van der Waals surface area contributed by atoms with Gasteiger partial charge in [-0.3, -0.25) is 14.3 Å². The summed E-state index contributed by atoms with van der Waals surface area (Å²) in [6, 6.07) is 13.3. The summed E-state index contributed by atoms with van der Waals surface area (Å²) >= 11 is 0. The maximum atomic E-state index is 12.7. The fourth-order valence-electron chi connectivity index (χ4n) is 5.41. The van der Waals surface area contributed by atoms with Crippen LogP contribution in [0, 0.1) is 13.8 Å². The summed E-state index contributed by atoms with van der Waals surface area (Å²) < 4.78 is 3.33. The molecule has 208 valence electrons. The first kappa shape index (κ1) is 27.1. The lowest BCUT2D eigenvalue weighted by molar-refractivity contribution is -0.137. The molecule has 11 nitrogen and oxygen atoms in total. The molecule has 0 spiro atoms. The molecule has 5 rings (SSSR count). The zero-order valence-corrected chi connectivity index (χ0v) is 22.6. The van der Waals surface area contributed by atoms with E-state index in [1.54, 1.807) is 15.4 Å². The van der Waals surface area contributed by atoms with Gasteiger partial charge in [-0.1, -0.05) is 18.2 Å². The number of aliphatic hydroxyl groups excluding tert-OH is 1. The molecule has 5 N–H and O–H groups in total. The van der Waals surface area contributed by atoms with Crippen LogP contribution >= 0.6 is 0 Å². The second-order valence-corrected chi connectivity index (χ2v) is 10.1. The van der Waals surface area contributed by atoms with Gasteiger partial charge in [0.25, 0.3) is 5.91 Å². The molecule has 1 amide bonds. The minimum Gasteiger partial charge on any atom is -0.481 e. The highest BCUT2D eigenvalue weighted by Gasteiger charge is 2.30. The first-order valence-electron chi connectivity index (χ1n) is 13.3. The number of fused-ring (bicyclic) bond motifs is 1. The number of benzene rings is 1. The molecule has 4 heterocycles. The summed E-state index contributed by atoms with van der Waals surface area (Å²) in [5.41, 5.74) is 11.5. The Hall–Kier alpha value is -4.51. The number of carboxylic acid groups (broad SMARTS) is 1. The van der Waals surface area contributed by atoms with E-state index in [1.807, 2.05) is 44.2 Å². The van der Waals surface area contributed by atoms with Crippen molar-refractivity contribution < 1.29 is 19.8 Å². The van der Waals surface area contributed by atoms with Crippen molar-refractivity contribution >= 4 is 17.7 Å². The average Bonchev–Trinajstić information content (AvgIpc) is 3.49. The Morgan fingerprint density at radius 2 is 1.98 bits per heavy atom. The number of amides is 1. The summed E-state index contributed by atoms with van der Waals surface area (Å²) in [6.07, 6.45) is 2.24.